The number of rotatable bonds is 4. The van der Waals surface area contributed by atoms with Gasteiger partial charge >= 0.3 is 0 Å². The zero-order chi connectivity index (χ0) is 18.5. The maximum Gasteiger partial charge on any atom is 0.239 e. The number of nitrogens with zero attached hydrogens (tertiary/aromatic N) is 4. The van der Waals surface area contributed by atoms with Crippen molar-refractivity contribution in [1.82, 2.24) is 20.0 Å². The third kappa shape index (κ3) is 5.80. The minimum Gasteiger partial charge on any atom is -0.351 e. The first-order valence-corrected chi connectivity index (χ1v) is 10.4. The molecule has 2 saturated heterocycles. The molecule has 0 saturated carbocycles. The standard InChI is InChI=1S/C19H31N5OS.HI/c1-15-6-7-17(26-15)14-21-19(20-3)24-12-10-22(11-13-24)16(2)18(25)23-8-4-5-9-23;/h6-7,16H,4-5,8-14H2,1-3H3,(H,20,21);1H. The second-order valence-electron chi connectivity index (χ2n) is 7.14. The number of hydrogen-bond donors (Lipinski definition) is 1. The maximum absolute atomic E-state index is 12.6. The number of aryl methyl sites for hydroxylation is 1. The van der Waals surface area contributed by atoms with Crippen molar-refractivity contribution in [2.75, 3.05) is 46.3 Å². The van der Waals surface area contributed by atoms with Gasteiger partial charge < -0.3 is 15.1 Å². The topological polar surface area (TPSA) is 51.2 Å². The van der Waals surface area contributed by atoms with Crippen molar-refractivity contribution in [3.8, 4) is 0 Å². The normalized spacial score (nSPS) is 19.7. The van der Waals surface area contributed by atoms with Gasteiger partial charge in [0, 0.05) is 56.1 Å². The summed E-state index contributed by atoms with van der Waals surface area (Å²) < 4.78 is 0. The van der Waals surface area contributed by atoms with Crippen LogP contribution in [-0.4, -0.2) is 78.9 Å². The highest BCUT2D eigenvalue weighted by Crippen LogP contribution is 2.16. The van der Waals surface area contributed by atoms with E-state index in [1.807, 2.05) is 23.3 Å². The molecule has 1 N–H and O–H groups in total. The van der Waals surface area contributed by atoms with Gasteiger partial charge in [0.2, 0.25) is 5.91 Å². The molecule has 27 heavy (non-hydrogen) atoms. The number of amides is 1. The number of carbonyl (C=O) groups excluding carboxylic acids is 1. The van der Waals surface area contributed by atoms with E-state index < -0.39 is 0 Å². The smallest absolute Gasteiger partial charge is 0.239 e. The largest absolute Gasteiger partial charge is 0.351 e. The zero-order valence-corrected chi connectivity index (χ0v) is 19.8. The predicted molar refractivity (Wildman–Crippen MR) is 123 cm³/mol. The minimum atomic E-state index is -0.0145. The molecule has 1 atom stereocenters. The number of carbonyl (C=O) groups is 1. The highest BCUT2D eigenvalue weighted by Gasteiger charge is 2.30. The summed E-state index contributed by atoms with van der Waals surface area (Å²) in [6.45, 7) is 10.5. The van der Waals surface area contributed by atoms with Crippen LogP contribution in [0.15, 0.2) is 17.1 Å². The molecule has 2 aliphatic heterocycles. The molecule has 2 fully saturated rings. The predicted octanol–water partition coefficient (Wildman–Crippen LogP) is 2.38. The van der Waals surface area contributed by atoms with Crippen molar-refractivity contribution >= 4 is 47.2 Å². The second-order valence-corrected chi connectivity index (χ2v) is 8.52. The molecule has 1 aromatic rings. The van der Waals surface area contributed by atoms with Crippen LogP contribution in [0.4, 0.5) is 0 Å². The zero-order valence-electron chi connectivity index (χ0n) is 16.6. The van der Waals surface area contributed by atoms with Crippen LogP contribution in [-0.2, 0) is 11.3 Å². The maximum atomic E-state index is 12.6. The number of halogens is 1. The number of hydrogen-bond acceptors (Lipinski definition) is 4. The van der Waals surface area contributed by atoms with E-state index >= 15 is 0 Å². The van der Waals surface area contributed by atoms with Crippen LogP contribution in [0, 0.1) is 6.92 Å². The van der Waals surface area contributed by atoms with Gasteiger partial charge in [-0.2, -0.15) is 0 Å². The Bertz CT molecular complexity index is 636. The quantitative estimate of drug-likeness (QED) is 0.388. The molecule has 0 aromatic carbocycles. The van der Waals surface area contributed by atoms with E-state index in [2.05, 4.69) is 46.1 Å². The van der Waals surface area contributed by atoms with Gasteiger partial charge in [-0.1, -0.05) is 0 Å². The molecule has 0 radical (unpaired) electrons. The first-order valence-electron chi connectivity index (χ1n) is 9.62. The van der Waals surface area contributed by atoms with Crippen molar-refractivity contribution < 1.29 is 4.79 Å². The Kier molecular flexibility index (Phi) is 8.81. The van der Waals surface area contributed by atoms with E-state index in [4.69, 9.17) is 0 Å². The van der Waals surface area contributed by atoms with Gasteiger partial charge in [-0.25, -0.2) is 0 Å². The lowest BCUT2D eigenvalue weighted by molar-refractivity contribution is -0.135. The van der Waals surface area contributed by atoms with Crippen molar-refractivity contribution in [2.45, 2.75) is 39.3 Å². The molecule has 3 rings (SSSR count). The molecule has 6 nitrogen and oxygen atoms in total. The molecule has 2 aliphatic rings. The first kappa shape index (κ1) is 22.4. The molecular weight excluding hydrogens is 473 g/mol. The van der Waals surface area contributed by atoms with E-state index in [1.165, 1.54) is 9.75 Å². The van der Waals surface area contributed by atoms with Crippen LogP contribution in [0.25, 0.3) is 0 Å². The Labute approximate surface area is 184 Å². The van der Waals surface area contributed by atoms with Crippen LogP contribution in [0.1, 0.15) is 29.5 Å². The lowest BCUT2D eigenvalue weighted by Crippen LogP contribution is -2.57. The van der Waals surface area contributed by atoms with Crippen molar-refractivity contribution in [1.29, 1.82) is 0 Å². The first-order chi connectivity index (χ1) is 12.6. The van der Waals surface area contributed by atoms with Crippen LogP contribution in [0.2, 0.25) is 0 Å². The van der Waals surface area contributed by atoms with Gasteiger partial charge in [-0.05, 0) is 38.8 Å². The van der Waals surface area contributed by atoms with E-state index in [9.17, 15) is 4.79 Å². The molecule has 1 aromatic heterocycles. The molecule has 0 bridgehead atoms. The molecule has 152 valence electrons. The average molecular weight is 505 g/mol. The van der Waals surface area contributed by atoms with E-state index in [1.54, 1.807) is 0 Å². The van der Waals surface area contributed by atoms with E-state index in [-0.39, 0.29) is 30.0 Å². The minimum absolute atomic E-state index is 0. The molecular formula is C19H32IN5OS. The van der Waals surface area contributed by atoms with Crippen LogP contribution < -0.4 is 5.32 Å². The van der Waals surface area contributed by atoms with Gasteiger partial charge in [-0.3, -0.25) is 14.7 Å². The van der Waals surface area contributed by atoms with Gasteiger partial charge in [0.1, 0.15) is 0 Å². The number of guanidine groups is 1. The molecule has 8 heteroatoms. The lowest BCUT2D eigenvalue weighted by Gasteiger charge is -2.39. The van der Waals surface area contributed by atoms with Crippen molar-refractivity contribution in [3.63, 3.8) is 0 Å². The summed E-state index contributed by atoms with van der Waals surface area (Å²) in [5.41, 5.74) is 0. The Morgan fingerprint density at radius 3 is 2.37 bits per heavy atom. The molecule has 0 spiro atoms. The summed E-state index contributed by atoms with van der Waals surface area (Å²) in [6.07, 6.45) is 2.30. The average Bonchev–Trinajstić information content (AvgIpc) is 3.33. The SMILES string of the molecule is CN=C(NCc1ccc(C)s1)N1CCN(C(C)C(=O)N2CCCC2)CC1.I. The summed E-state index contributed by atoms with van der Waals surface area (Å²) in [6, 6.07) is 4.31. The Hall–Kier alpha value is -0.870. The van der Waals surface area contributed by atoms with E-state index in [0.717, 1.165) is 64.6 Å². The Morgan fingerprint density at radius 1 is 1.15 bits per heavy atom. The summed E-state index contributed by atoms with van der Waals surface area (Å²) >= 11 is 1.82. The number of piperazine rings is 1. The molecule has 0 aliphatic carbocycles. The van der Waals surface area contributed by atoms with E-state index in [0.29, 0.717) is 5.91 Å². The molecule has 1 amide bonds. The molecule has 3 heterocycles. The fraction of sp³-hybridized carbons (Fsp3) is 0.684. The van der Waals surface area contributed by atoms with Crippen LogP contribution in [0.5, 0.6) is 0 Å². The monoisotopic (exact) mass is 505 g/mol. The van der Waals surface area contributed by atoms with Crippen LogP contribution in [0.3, 0.4) is 0 Å². The summed E-state index contributed by atoms with van der Waals surface area (Å²) in [7, 11) is 1.84. The Balaban J connectivity index is 0.00000261. The van der Waals surface area contributed by atoms with Crippen molar-refractivity contribution in [2.24, 2.45) is 4.99 Å². The highest BCUT2D eigenvalue weighted by molar-refractivity contribution is 14.0. The van der Waals surface area contributed by atoms with Crippen molar-refractivity contribution in [3.05, 3.63) is 21.9 Å². The molecule has 1 unspecified atom stereocenters. The Morgan fingerprint density at radius 2 is 1.81 bits per heavy atom. The number of thiophene rings is 1. The van der Waals surface area contributed by atoms with Gasteiger partial charge in [0.05, 0.1) is 12.6 Å². The fourth-order valence-corrected chi connectivity index (χ4v) is 4.59. The fourth-order valence-electron chi connectivity index (χ4n) is 3.76. The summed E-state index contributed by atoms with van der Waals surface area (Å²) in [5.74, 6) is 1.25. The van der Waals surface area contributed by atoms with Gasteiger partial charge in [0.25, 0.3) is 0 Å². The lowest BCUT2D eigenvalue weighted by atomic mass is 10.2. The number of likely N-dealkylation sites (tertiary alicyclic amines) is 1. The highest BCUT2D eigenvalue weighted by atomic mass is 127. The number of nitrogens with one attached hydrogen (secondary N) is 1. The third-order valence-electron chi connectivity index (χ3n) is 5.37. The third-order valence-corrected chi connectivity index (χ3v) is 6.37. The second kappa shape index (κ2) is 10.6. The summed E-state index contributed by atoms with van der Waals surface area (Å²) in [4.78, 5) is 26.4. The van der Waals surface area contributed by atoms with Crippen LogP contribution >= 0.6 is 35.3 Å². The van der Waals surface area contributed by atoms with Gasteiger partial charge in [0.15, 0.2) is 5.96 Å². The van der Waals surface area contributed by atoms with Gasteiger partial charge in [-0.15, -0.1) is 35.3 Å². The number of aliphatic imine (C=N–C) groups is 1. The summed E-state index contributed by atoms with van der Waals surface area (Å²) in [5, 5.41) is 3.47.